The molecule has 0 aromatic heterocycles. The quantitative estimate of drug-likeness (QED) is 0.764. The van der Waals surface area contributed by atoms with E-state index in [2.05, 4.69) is 0 Å². The molecular weight excluding hydrogens is 342 g/mol. The molecule has 0 radical (unpaired) electrons. The number of hydrogen-bond acceptors (Lipinski definition) is 5. The van der Waals surface area contributed by atoms with Crippen LogP contribution >= 0.6 is 0 Å². The summed E-state index contributed by atoms with van der Waals surface area (Å²) in [6, 6.07) is 16.3. The molecule has 0 amide bonds. The van der Waals surface area contributed by atoms with Crippen LogP contribution in [0.15, 0.2) is 54.6 Å². The Labute approximate surface area is 147 Å². The standard InChI is InChI=1S/C18H21NO5S/c1-18(25(21,22)23)11-14-7-5-6-10-17(14)19(18)12-15(20)13-24-16-8-3-2-4-9-16/h2-10,15,20H,11-13H2,1H3,(H,21,22,23). The zero-order valence-corrected chi connectivity index (χ0v) is 14.7. The van der Waals surface area contributed by atoms with Gasteiger partial charge in [0.15, 0.2) is 4.87 Å². The van der Waals surface area contributed by atoms with Crippen LogP contribution in [0.5, 0.6) is 5.75 Å². The summed E-state index contributed by atoms with van der Waals surface area (Å²) in [7, 11) is -4.36. The topological polar surface area (TPSA) is 87.1 Å². The third kappa shape index (κ3) is 3.49. The molecule has 2 N–H and O–H groups in total. The number of fused-ring (bicyclic) bond motifs is 1. The summed E-state index contributed by atoms with van der Waals surface area (Å²) in [5, 5.41) is 10.4. The Morgan fingerprint density at radius 2 is 1.80 bits per heavy atom. The first-order chi connectivity index (χ1) is 11.8. The molecule has 2 aromatic carbocycles. The molecule has 25 heavy (non-hydrogen) atoms. The first-order valence-corrected chi connectivity index (χ1v) is 9.44. The molecule has 0 bridgehead atoms. The van der Waals surface area contributed by atoms with Crippen molar-refractivity contribution in [3.63, 3.8) is 0 Å². The van der Waals surface area contributed by atoms with E-state index in [1.54, 1.807) is 24.3 Å². The molecule has 1 aliphatic heterocycles. The van der Waals surface area contributed by atoms with E-state index in [4.69, 9.17) is 4.74 Å². The van der Waals surface area contributed by atoms with Crippen molar-refractivity contribution in [2.24, 2.45) is 0 Å². The van der Waals surface area contributed by atoms with Gasteiger partial charge in [0, 0.05) is 18.7 Å². The van der Waals surface area contributed by atoms with E-state index in [0.29, 0.717) is 11.4 Å². The lowest BCUT2D eigenvalue weighted by Gasteiger charge is -2.35. The highest BCUT2D eigenvalue weighted by molar-refractivity contribution is 7.87. The molecule has 2 unspecified atom stereocenters. The molecule has 0 spiro atoms. The predicted molar refractivity (Wildman–Crippen MR) is 95.4 cm³/mol. The van der Waals surface area contributed by atoms with Crippen LogP contribution in [0.25, 0.3) is 0 Å². The number of benzene rings is 2. The van der Waals surface area contributed by atoms with E-state index in [0.717, 1.165) is 5.56 Å². The van der Waals surface area contributed by atoms with Gasteiger partial charge in [0.2, 0.25) is 0 Å². The van der Waals surface area contributed by atoms with Gasteiger partial charge in [0.25, 0.3) is 10.1 Å². The molecule has 6 nitrogen and oxygen atoms in total. The third-order valence-corrected chi connectivity index (χ3v) is 5.98. The van der Waals surface area contributed by atoms with Gasteiger partial charge in [-0.25, -0.2) is 0 Å². The number of nitrogens with zero attached hydrogens (tertiary/aromatic N) is 1. The second kappa shape index (κ2) is 6.67. The minimum atomic E-state index is -4.36. The van der Waals surface area contributed by atoms with E-state index in [1.807, 2.05) is 30.3 Å². The molecule has 0 saturated carbocycles. The van der Waals surface area contributed by atoms with Crippen molar-refractivity contribution < 1.29 is 22.8 Å². The number of aliphatic hydroxyl groups is 1. The summed E-state index contributed by atoms with van der Waals surface area (Å²) in [6.07, 6.45) is -0.763. The molecule has 134 valence electrons. The van der Waals surface area contributed by atoms with E-state index >= 15 is 0 Å². The molecule has 2 atom stereocenters. The molecule has 2 aromatic rings. The summed E-state index contributed by atoms with van der Waals surface area (Å²) in [5.41, 5.74) is 1.51. The van der Waals surface area contributed by atoms with Gasteiger partial charge in [-0.05, 0) is 30.7 Å². The maximum absolute atomic E-state index is 12.0. The SMILES string of the molecule is CC1(S(=O)(=O)O)Cc2ccccc2N1CC(O)COc1ccccc1. The minimum Gasteiger partial charge on any atom is -0.491 e. The van der Waals surface area contributed by atoms with Crippen LogP contribution in [0, 0.1) is 0 Å². The average Bonchev–Trinajstić information content (AvgIpc) is 2.87. The molecule has 1 heterocycles. The number of para-hydroxylation sites is 2. The van der Waals surface area contributed by atoms with Crippen LogP contribution < -0.4 is 9.64 Å². The van der Waals surface area contributed by atoms with Crippen molar-refractivity contribution in [2.75, 3.05) is 18.1 Å². The fourth-order valence-electron chi connectivity index (χ4n) is 3.12. The van der Waals surface area contributed by atoms with Crippen molar-refractivity contribution in [3.8, 4) is 5.75 Å². The summed E-state index contributed by atoms with van der Waals surface area (Å²) < 4.78 is 39.3. The monoisotopic (exact) mass is 363 g/mol. The lowest BCUT2D eigenvalue weighted by atomic mass is 10.1. The van der Waals surface area contributed by atoms with E-state index in [1.165, 1.54) is 11.8 Å². The fourth-order valence-corrected chi connectivity index (χ4v) is 3.91. The van der Waals surface area contributed by atoms with Crippen LogP contribution in [0.1, 0.15) is 12.5 Å². The van der Waals surface area contributed by atoms with Gasteiger partial charge in [-0.1, -0.05) is 36.4 Å². The highest BCUT2D eigenvalue weighted by Crippen LogP contribution is 2.41. The Morgan fingerprint density at radius 3 is 2.48 bits per heavy atom. The normalized spacial score (nSPS) is 21.0. The fraction of sp³-hybridized carbons (Fsp3) is 0.333. The smallest absolute Gasteiger partial charge is 0.289 e. The zero-order chi connectivity index (χ0) is 18.1. The van der Waals surface area contributed by atoms with Crippen molar-refractivity contribution in [1.82, 2.24) is 0 Å². The summed E-state index contributed by atoms with van der Waals surface area (Å²) in [5.74, 6) is 0.626. The van der Waals surface area contributed by atoms with Crippen LogP contribution in [-0.4, -0.2) is 42.2 Å². The first kappa shape index (κ1) is 17.7. The number of ether oxygens (including phenoxy) is 1. The molecule has 1 aliphatic rings. The maximum Gasteiger partial charge on any atom is 0.289 e. The van der Waals surface area contributed by atoms with Crippen molar-refractivity contribution in [2.45, 2.75) is 24.3 Å². The molecule has 0 aliphatic carbocycles. The maximum atomic E-state index is 12.0. The number of aliphatic hydroxyl groups excluding tert-OH is 1. The Balaban J connectivity index is 1.78. The van der Waals surface area contributed by atoms with Gasteiger partial charge < -0.3 is 14.7 Å². The number of anilines is 1. The number of rotatable bonds is 6. The Hall–Kier alpha value is -2.09. The molecule has 7 heteroatoms. The minimum absolute atomic E-state index is 0.0181. The highest BCUT2D eigenvalue weighted by atomic mass is 32.2. The van der Waals surface area contributed by atoms with Crippen molar-refractivity contribution in [3.05, 3.63) is 60.2 Å². The van der Waals surface area contributed by atoms with E-state index in [-0.39, 0.29) is 19.6 Å². The molecule has 3 rings (SSSR count). The lowest BCUT2D eigenvalue weighted by Crippen LogP contribution is -2.53. The molecule has 0 saturated heterocycles. The van der Waals surface area contributed by atoms with Gasteiger partial charge >= 0.3 is 0 Å². The third-order valence-electron chi connectivity index (χ3n) is 4.51. The molecular formula is C18H21NO5S. The van der Waals surface area contributed by atoms with E-state index < -0.39 is 21.1 Å². The summed E-state index contributed by atoms with van der Waals surface area (Å²) >= 11 is 0. The Morgan fingerprint density at radius 1 is 1.16 bits per heavy atom. The van der Waals surface area contributed by atoms with Crippen LogP contribution in [-0.2, 0) is 16.5 Å². The van der Waals surface area contributed by atoms with Gasteiger partial charge in [0.05, 0.1) is 0 Å². The van der Waals surface area contributed by atoms with Gasteiger partial charge in [0.1, 0.15) is 18.5 Å². The van der Waals surface area contributed by atoms with Crippen LogP contribution in [0.2, 0.25) is 0 Å². The second-order valence-electron chi connectivity index (χ2n) is 6.34. The van der Waals surface area contributed by atoms with Crippen LogP contribution in [0.4, 0.5) is 5.69 Å². The average molecular weight is 363 g/mol. The lowest BCUT2D eigenvalue weighted by molar-refractivity contribution is 0.110. The second-order valence-corrected chi connectivity index (χ2v) is 8.17. The zero-order valence-electron chi connectivity index (χ0n) is 13.9. The van der Waals surface area contributed by atoms with Gasteiger partial charge in [-0.2, -0.15) is 8.42 Å². The summed E-state index contributed by atoms with van der Waals surface area (Å²) in [6.45, 7) is 1.51. The van der Waals surface area contributed by atoms with E-state index in [9.17, 15) is 18.1 Å². The number of hydrogen-bond donors (Lipinski definition) is 2. The van der Waals surface area contributed by atoms with Crippen molar-refractivity contribution >= 4 is 15.8 Å². The predicted octanol–water partition coefficient (Wildman–Crippen LogP) is 2.09. The highest BCUT2D eigenvalue weighted by Gasteiger charge is 2.49. The largest absolute Gasteiger partial charge is 0.491 e. The first-order valence-electron chi connectivity index (χ1n) is 8.00. The Bertz CT molecular complexity index is 840. The van der Waals surface area contributed by atoms with Crippen molar-refractivity contribution in [1.29, 1.82) is 0 Å². The van der Waals surface area contributed by atoms with Gasteiger partial charge in [-0.15, -0.1) is 0 Å². The van der Waals surface area contributed by atoms with Gasteiger partial charge in [-0.3, -0.25) is 4.55 Å². The van der Waals surface area contributed by atoms with Crippen LogP contribution in [0.3, 0.4) is 0 Å². The Kier molecular flexibility index (Phi) is 4.73. The number of β-amino-alcohol motifs (C(OH)–C–C–N with tert-alkyl or cyclic N) is 1. The summed E-state index contributed by atoms with van der Waals surface area (Å²) in [4.78, 5) is 0.0289. The molecule has 0 fully saturated rings.